The number of carbonyl (C=O) groups is 1. The van der Waals surface area contributed by atoms with E-state index in [1.54, 1.807) is 36.4 Å². The SMILES string of the molecule is O=C(NCC1=NN(c2ccc(Cl)cc2Cl)C(c2ccc(Cl)cc2)C1)c1ccccc1Cl. The standard InChI is InChI=1S/C23H17Cl4N3O/c24-15-7-5-14(6-8-15)22-12-17(13-28-23(31)18-3-1-2-4-19(18)26)29-30(22)21-10-9-16(25)11-20(21)27/h1-11,22H,12-13H2,(H,28,31). The Balaban J connectivity index is 1.59. The van der Waals surface area contributed by atoms with Crippen molar-refractivity contribution in [2.75, 3.05) is 11.6 Å². The lowest BCUT2D eigenvalue weighted by Crippen LogP contribution is -2.29. The van der Waals surface area contributed by atoms with Crippen molar-refractivity contribution in [1.29, 1.82) is 0 Å². The van der Waals surface area contributed by atoms with Crippen LogP contribution in [0.2, 0.25) is 20.1 Å². The van der Waals surface area contributed by atoms with E-state index in [2.05, 4.69) is 5.32 Å². The van der Waals surface area contributed by atoms with E-state index in [-0.39, 0.29) is 18.5 Å². The molecule has 3 aromatic rings. The Hall–Kier alpha value is -2.24. The van der Waals surface area contributed by atoms with Gasteiger partial charge in [0, 0.05) is 16.5 Å². The lowest BCUT2D eigenvalue weighted by atomic mass is 10.0. The second-order valence-electron chi connectivity index (χ2n) is 7.04. The highest BCUT2D eigenvalue weighted by Crippen LogP contribution is 2.39. The zero-order valence-corrected chi connectivity index (χ0v) is 19.2. The van der Waals surface area contributed by atoms with Crippen molar-refractivity contribution in [2.24, 2.45) is 5.10 Å². The number of nitrogens with zero attached hydrogens (tertiary/aromatic N) is 2. The lowest BCUT2D eigenvalue weighted by Gasteiger charge is -2.25. The third-order valence-corrected chi connectivity index (χ3v) is 6.08. The van der Waals surface area contributed by atoms with Crippen LogP contribution in [0.4, 0.5) is 5.69 Å². The number of carbonyl (C=O) groups excluding carboxylic acids is 1. The topological polar surface area (TPSA) is 44.7 Å². The molecule has 0 saturated carbocycles. The van der Waals surface area contributed by atoms with Crippen LogP contribution in [0, 0.1) is 0 Å². The third-order valence-electron chi connectivity index (χ3n) is 4.96. The summed E-state index contributed by atoms with van der Waals surface area (Å²) in [6.45, 7) is 0.288. The van der Waals surface area contributed by atoms with Crippen molar-refractivity contribution in [3.63, 3.8) is 0 Å². The molecule has 0 radical (unpaired) electrons. The predicted molar refractivity (Wildman–Crippen MR) is 129 cm³/mol. The molecule has 1 aliphatic rings. The molecule has 1 aliphatic heterocycles. The summed E-state index contributed by atoms with van der Waals surface area (Å²) in [5, 5.41) is 11.6. The number of hydrogen-bond acceptors (Lipinski definition) is 3. The maximum absolute atomic E-state index is 12.5. The van der Waals surface area contributed by atoms with Gasteiger partial charge in [-0.15, -0.1) is 0 Å². The summed E-state index contributed by atoms with van der Waals surface area (Å²) in [7, 11) is 0. The van der Waals surface area contributed by atoms with E-state index >= 15 is 0 Å². The van der Waals surface area contributed by atoms with Crippen LogP contribution in [0.3, 0.4) is 0 Å². The summed E-state index contributed by atoms with van der Waals surface area (Å²) in [5.41, 5.74) is 3.01. The molecule has 4 nitrogen and oxygen atoms in total. The first-order valence-corrected chi connectivity index (χ1v) is 11.0. The number of amides is 1. The van der Waals surface area contributed by atoms with Crippen molar-refractivity contribution < 1.29 is 4.79 Å². The van der Waals surface area contributed by atoms with Gasteiger partial charge in [-0.25, -0.2) is 0 Å². The van der Waals surface area contributed by atoms with Gasteiger partial charge in [0.25, 0.3) is 5.91 Å². The van der Waals surface area contributed by atoms with E-state index < -0.39 is 0 Å². The van der Waals surface area contributed by atoms with Crippen LogP contribution in [0.1, 0.15) is 28.4 Å². The smallest absolute Gasteiger partial charge is 0.253 e. The molecule has 0 bridgehead atoms. The minimum atomic E-state index is -0.251. The highest BCUT2D eigenvalue weighted by molar-refractivity contribution is 6.36. The first-order valence-electron chi connectivity index (χ1n) is 9.51. The molecule has 1 heterocycles. The minimum absolute atomic E-state index is 0.0943. The average Bonchev–Trinajstić information content (AvgIpc) is 3.17. The fourth-order valence-electron chi connectivity index (χ4n) is 3.44. The van der Waals surface area contributed by atoms with Crippen LogP contribution in [-0.4, -0.2) is 18.2 Å². The van der Waals surface area contributed by atoms with Gasteiger partial charge in [-0.3, -0.25) is 9.80 Å². The maximum Gasteiger partial charge on any atom is 0.253 e. The largest absolute Gasteiger partial charge is 0.347 e. The van der Waals surface area contributed by atoms with E-state index in [1.807, 2.05) is 35.3 Å². The molecule has 4 rings (SSSR count). The highest BCUT2D eigenvalue weighted by Gasteiger charge is 2.30. The van der Waals surface area contributed by atoms with Crippen LogP contribution in [-0.2, 0) is 0 Å². The van der Waals surface area contributed by atoms with Crippen LogP contribution in [0.25, 0.3) is 0 Å². The average molecular weight is 493 g/mol. The quantitative estimate of drug-likeness (QED) is 0.415. The molecular weight excluding hydrogens is 476 g/mol. The molecule has 0 saturated heterocycles. The monoisotopic (exact) mass is 491 g/mol. The van der Waals surface area contributed by atoms with Crippen LogP contribution in [0.15, 0.2) is 71.8 Å². The number of hydrogen-bond donors (Lipinski definition) is 1. The summed E-state index contributed by atoms with van der Waals surface area (Å²) in [4.78, 5) is 12.5. The molecule has 3 aromatic carbocycles. The Labute approximate surface area is 200 Å². The van der Waals surface area contributed by atoms with Crippen molar-refractivity contribution in [1.82, 2.24) is 5.32 Å². The van der Waals surface area contributed by atoms with Crippen LogP contribution >= 0.6 is 46.4 Å². The number of halogens is 4. The first kappa shape index (κ1) is 22.0. The van der Waals surface area contributed by atoms with Gasteiger partial charge in [-0.1, -0.05) is 70.7 Å². The number of anilines is 1. The molecule has 0 spiro atoms. The summed E-state index contributed by atoms with van der Waals surface area (Å²) in [6, 6.07) is 19.7. The van der Waals surface area contributed by atoms with Gasteiger partial charge in [-0.2, -0.15) is 5.10 Å². The Bertz CT molecular complexity index is 1150. The van der Waals surface area contributed by atoms with Crippen LogP contribution < -0.4 is 10.3 Å². The fraction of sp³-hybridized carbons (Fsp3) is 0.130. The molecule has 1 amide bonds. The Morgan fingerprint density at radius 3 is 2.35 bits per heavy atom. The van der Waals surface area contributed by atoms with Gasteiger partial charge >= 0.3 is 0 Å². The number of hydrazone groups is 1. The summed E-state index contributed by atoms with van der Waals surface area (Å²) >= 11 is 24.7. The van der Waals surface area contributed by atoms with Gasteiger partial charge in [-0.05, 0) is 48.0 Å². The molecule has 1 atom stereocenters. The number of benzene rings is 3. The molecule has 158 valence electrons. The Kier molecular flexibility index (Phi) is 6.73. The number of nitrogens with one attached hydrogen (secondary N) is 1. The second-order valence-corrected chi connectivity index (χ2v) is 8.73. The van der Waals surface area contributed by atoms with E-state index in [4.69, 9.17) is 51.5 Å². The maximum atomic E-state index is 12.5. The Morgan fingerprint density at radius 1 is 0.935 bits per heavy atom. The predicted octanol–water partition coefficient (Wildman–Crippen LogP) is 7.04. The molecule has 0 aliphatic carbocycles. The zero-order chi connectivity index (χ0) is 22.0. The second kappa shape index (κ2) is 9.49. The van der Waals surface area contributed by atoms with E-state index in [1.165, 1.54) is 0 Å². The summed E-state index contributed by atoms with van der Waals surface area (Å²) in [6.07, 6.45) is 0.614. The molecule has 0 fully saturated rings. The molecule has 1 unspecified atom stereocenters. The molecule has 1 N–H and O–H groups in total. The first-order chi connectivity index (χ1) is 14.9. The van der Waals surface area contributed by atoms with E-state index in [9.17, 15) is 4.79 Å². The molecule has 8 heteroatoms. The van der Waals surface area contributed by atoms with Gasteiger partial charge in [0.05, 0.1) is 39.6 Å². The van der Waals surface area contributed by atoms with Gasteiger partial charge in [0.1, 0.15) is 0 Å². The van der Waals surface area contributed by atoms with Gasteiger partial charge < -0.3 is 5.32 Å². The van der Waals surface area contributed by atoms with Crippen molar-refractivity contribution in [2.45, 2.75) is 12.5 Å². The van der Waals surface area contributed by atoms with E-state index in [0.29, 0.717) is 32.1 Å². The molecule has 0 aromatic heterocycles. The van der Waals surface area contributed by atoms with Gasteiger partial charge in [0.15, 0.2) is 0 Å². The Morgan fingerprint density at radius 2 is 1.65 bits per heavy atom. The summed E-state index contributed by atoms with van der Waals surface area (Å²) < 4.78 is 0. The lowest BCUT2D eigenvalue weighted by molar-refractivity contribution is 0.0959. The van der Waals surface area contributed by atoms with Gasteiger partial charge in [0.2, 0.25) is 0 Å². The third kappa shape index (κ3) is 4.99. The van der Waals surface area contributed by atoms with Crippen molar-refractivity contribution >= 4 is 63.7 Å². The zero-order valence-electron chi connectivity index (χ0n) is 16.2. The van der Waals surface area contributed by atoms with Crippen LogP contribution in [0.5, 0.6) is 0 Å². The summed E-state index contributed by atoms with van der Waals surface area (Å²) in [5.74, 6) is -0.251. The normalized spacial score (nSPS) is 15.7. The van der Waals surface area contributed by atoms with Crippen molar-refractivity contribution in [3.8, 4) is 0 Å². The number of rotatable bonds is 5. The molecular formula is C23H17Cl4N3O. The fourth-order valence-corrected chi connectivity index (χ4v) is 4.28. The minimum Gasteiger partial charge on any atom is -0.347 e. The molecule has 31 heavy (non-hydrogen) atoms. The highest BCUT2D eigenvalue weighted by atomic mass is 35.5. The van der Waals surface area contributed by atoms with E-state index in [0.717, 1.165) is 17.0 Å². The van der Waals surface area contributed by atoms with Crippen molar-refractivity contribution in [3.05, 3.63) is 97.9 Å².